The van der Waals surface area contributed by atoms with Gasteiger partial charge in [-0.25, -0.2) is 0 Å². The van der Waals surface area contributed by atoms with Gasteiger partial charge in [0.25, 0.3) is 0 Å². The molecular weight excluding hydrogens is 176 g/mol. The Hall–Kier alpha value is -0.0800. The molecule has 2 atom stereocenters. The largest absolute Gasteiger partial charge is 0.347 e. The Bertz CT molecular complexity index is 177. The molecule has 0 radical (unpaired) electrons. The van der Waals surface area contributed by atoms with Gasteiger partial charge in [-0.15, -0.1) is 0 Å². The van der Waals surface area contributed by atoms with Crippen LogP contribution in [0.5, 0.6) is 0 Å². The Balaban J connectivity index is 1.73. The van der Waals surface area contributed by atoms with Gasteiger partial charge in [0, 0.05) is 12.8 Å². The van der Waals surface area contributed by atoms with Crippen molar-refractivity contribution in [1.29, 1.82) is 0 Å². The molecular formula is C12H22O2. The highest BCUT2D eigenvalue weighted by molar-refractivity contribution is 4.84. The summed E-state index contributed by atoms with van der Waals surface area (Å²) in [7, 11) is 0. The SMILES string of the molecule is CCCCCCC12CCCC(CO1)O2. The fourth-order valence-corrected chi connectivity index (χ4v) is 2.57. The van der Waals surface area contributed by atoms with E-state index in [1.165, 1.54) is 38.5 Å². The lowest BCUT2D eigenvalue weighted by Gasteiger charge is -2.31. The van der Waals surface area contributed by atoms with E-state index in [9.17, 15) is 0 Å². The van der Waals surface area contributed by atoms with E-state index < -0.39 is 0 Å². The van der Waals surface area contributed by atoms with Crippen LogP contribution < -0.4 is 0 Å². The highest BCUT2D eigenvalue weighted by Crippen LogP contribution is 2.39. The molecule has 0 aromatic carbocycles. The zero-order chi connectivity index (χ0) is 9.86. The van der Waals surface area contributed by atoms with Crippen molar-refractivity contribution in [2.45, 2.75) is 70.2 Å². The number of ether oxygens (including phenoxy) is 2. The van der Waals surface area contributed by atoms with Crippen molar-refractivity contribution in [3.05, 3.63) is 0 Å². The Morgan fingerprint density at radius 2 is 2.21 bits per heavy atom. The number of rotatable bonds is 5. The summed E-state index contributed by atoms with van der Waals surface area (Å²) in [6, 6.07) is 0. The van der Waals surface area contributed by atoms with Gasteiger partial charge in [0.2, 0.25) is 0 Å². The molecule has 14 heavy (non-hydrogen) atoms. The van der Waals surface area contributed by atoms with Crippen molar-refractivity contribution in [2.75, 3.05) is 6.61 Å². The molecule has 2 nitrogen and oxygen atoms in total. The van der Waals surface area contributed by atoms with Gasteiger partial charge in [-0.3, -0.25) is 0 Å². The Morgan fingerprint density at radius 3 is 3.07 bits per heavy atom. The second-order valence-corrected chi connectivity index (χ2v) is 4.66. The average Bonchev–Trinajstić information content (AvgIpc) is 2.50. The first kappa shape index (κ1) is 10.4. The van der Waals surface area contributed by atoms with Gasteiger partial charge in [-0.2, -0.15) is 0 Å². The van der Waals surface area contributed by atoms with Crippen LogP contribution in [0, 0.1) is 0 Å². The van der Waals surface area contributed by atoms with Crippen molar-refractivity contribution in [1.82, 2.24) is 0 Å². The first-order valence-electron chi connectivity index (χ1n) is 6.16. The summed E-state index contributed by atoms with van der Waals surface area (Å²) in [6.45, 7) is 3.09. The van der Waals surface area contributed by atoms with E-state index in [-0.39, 0.29) is 5.79 Å². The molecule has 2 aliphatic rings. The van der Waals surface area contributed by atoms with Crippen LogP contribution in [-0.2, 0) is 9.47 Å². The number of fused-ring (bicyclic) bond motifs is 2. The molecule has 0 aromatic heterocycles. The third-order valence-electron chi connectivity index (χ3n) is 3.41. The molecule has 0 aliphatic carbocycles. The molecule has 0 saturated carbocycles. The Kier molecular flexibility index (Phi) is 3.45. The minimum absolute atomic E-state index is 0.156. The molecule has 2 unspecified atom stereocenters. The third-order valence-corrected chi connectivity index (χ3v) is 3.41. The van der Waals surface area contributed by atoms with Crippen molar-refractivity contribution in [3.63, 3.8) is 0 Å². The topological polar surface area (TPSA) is 18.5 Å². The van der Waals surface area contributed by atoms with E-state index in [2.05, 4.69) is 6.92 Å². The van der Waals surface area contributed by atoms with Gasteiger partial charge in [0.15, 0.2) is 5.79 Å². The summed E-state index contributed by atoms with van der Waals surface area (Å²) < 4.78 is 11.8. The molecule has 2 heteroatoms. The highest BCUT2D eigenvalue weighted by Gasteiger charge is 2.43. The molecule has 0 aromatic rings. The van der Waals surface area contributed by atoms with Crippen molar-refractivity contribution < 1.29 is 9.47 Å². The second-order valence-electron chi connectivity index (χ2n) is 4.66. The lowest BCUT2D eigenvalue weighted by atomic mass is 9.98. The van der Waals surface area contributed by atoms with E-state index in [0.717, 1.165) is 19.4 Å². The van der Waals surface area contributed by atoms with E-state index >= 15 is 0 Å². The first-order valence-corrected chi connectivity index (χ1v) is 6.16. The zero-order valence-corrected chi connectivity index (χ0v) is 9.26. The monoisotopic (exact) mass is 198 g/mol. The molecule has 2 rings (SSSR count). The van der Waals surface area contributed by atoms with Crippen LogP contribution in [0.15, 0.2) is 0 Å². The van der Waals surface area contributed by atoms with Crippen molar-refractivity contribution in [3.8, 4) is 0 Å². The normalized spacial score (nSPS) is 36.2. The maximum absolute atomic E-state index is 5.94. The summed E-state index contributed by atoms with van der Waals surface area (Å²) in [5, 5.41) is 0. The molecule has 0 N–H and O–H groups in total. The lowest BCUT2D eigenvalue weighted by molar-refractivity contribution is -0.193. The number of hydrogen-bond acceptors (Lipinski definition) is 2. The molecule has 0 amide bonds. The van der Waals surface area contributed by atoms with Gasteiger partial charge < -0.3 is 9.47 Å². The first-order chi connectivity index (χ1) is 6.85. The molecule has 0 spiro atoms. The van der Waals surface area contributed by atoms with E-state index in [4.69, 9.17) is 9.47 Å². The number of unbranched alkanes of at least 4 members (excludes halogenated alkanes) is 3. The molecule has 2 saturated heterocycles. The van der Waals surface area contributed by atoms with Gasteiger partial charge in [-0.05, 0) is 19.3 Å². The van der Waals surface area contributed by atoms with Gasteiger partial charge in [0.05, 0.1) is 12.7 Å². The van der Waals surface area contributed by atoms with Crippen molar-refractivity contribution >= 4 is 0 Å². The van der Waals surface area contributed by atoms with Crippen LogP contribution in [0.4, 0.5) is 0 Å². The molecule has 2 fully saturated rings. The predicted molar refractivity (Wildman–Crippen MR) is 56.2 cm³/mol. The maximum Gasteiger partial charge on any atom is 0.168 e. The van der Waals surface area contributed by atoms with Gasteiger partial charge in [0.1, 0.15) is 0 Å². The number of hydrogen-bond donors (Lipinski definition) is 0. The summed E-state index contributed by atoms with van der Waals surface area (Å²) in [6.07, 6.45) is 10.4. The average molecular weight is 198 g/mol. The minimum atomic E-state index is -0.156. The van der Waals surface area contributed by atoms with Crippen LogP contribution in [0.3, 0.4) is 0 Å². The summed E-state index contributed by atoms with van der Waals surface area (Å²) in [5.41, 5.74) is 0. The summed E-state index contributed by atoms with van der Waals surface area (Å²) in [4.78, 5) is 0. The van der Waals surface area contributed by atoms with Crippen molar-refractivity contribution in [2.24, 2.45) is 0 Å². The second kappa shape index (κ2) is 4.63. The summed E-state index contributed by atoms with van der Waals surface area (Å²) >= 11 is 0. The quantitative estimate of drug-likeness (QED) is 0.631. The Morgan fingerprint density at radius 1 is 1.29 bits per heavy atom. The third kappa shape index (κ3) is 2.29. The van der Waals surface area contributed by atoms with Crippen LogP contribution in [0.25, 0.3) is 0 Å². The maximum atomic E-state index is 5.94. The fraction of sp³-hybridized carbons (Fsp3) is 1.00. The van der Waals surface area contributed by atoms with Crippen LogP contribution in [-0.4, -0.2) is 18.5 Å². The smallest absolute Gasteiger partial charge is 0.168 e. The summed E-state index contributed by atoms with van der Waals surface area (Å²) in [5.74, 6) is -0.156. The van der Waals surface area contributed by atoms with Gasteiger partial charge >= 0.3 is 0 Å². The Labute approximate surface area is 87.0 Å². The van der Waals surface area contributed by atoms with E-state index in [1.54, 1.807) is 0 Å². The minimum Gasteiger partial charge on any atom is -0.347 e. The fourth-order valence-electron chi connectivity index (χ4n) is 2.57. The highest BCUT2D eigenvalue weighted by atomic mass is 16.7. The van der Waals surface area contributed by atoms with E-state index in [1.807, 2.05) is 0 Å². The zero-order valence-electron chi connectivity index (χ0n) is 9.26. The van der Waals surface area contributed by atoms with Crippen LogP contribution in [0.1, 0.15) is 58.3 Å². The van der Waals surface area contributed by atoms with Crippen LogP contribution in [0.2, 0.25) is 0 Å². The predicted octanol–water partition coefficient (Wildman–Crippen LogP) is 3.25. The molecule has 2 aliphatic heterocycles. The standard InChI is InChI=1S/C12H22O2/c1-2-3-4-5-8-12-9-6-7-11(14-12)10-13-12/h11H,2-10H2,1H3. The molecule has 82 valence electrons. The lowest BCUT2D eigenvalue weighted by Crippen LogP contribution is -2.34. The molecule has 2 bridgehead atoms. The molecule has 2 heterocycles. The van der Waals surface area contributed by atoms with Gasteiger partial charge in [-0.1, -0.05) is 26.2 Å². The van der Waals surface area contributed by atoms with E-state index in [0.29, 0.717) is 6.10 Å². The van der Waals surface area contributed by atoms with Crippen LogP contribution >= 0.6 is 0 Å².